The molecule has 0 spiro atoms. The second-order valence-electron chi connectivity index (χ2n) is 5.50. The van der Waals surface area contributed by atoms with E-state index in [0.717, 1.165) is 5.56 Å². The number of carbonyl (C=O) groups excluding carboxylic acids is 1. The first-order valence-electron chi connectivity index (χ1n) is 7.77. The van der Waals surface area contributed by atoms with Gasteiger partial charge in [-0.15, -0.1) is 0 Å². The predicted molar refractivity (Wildman–Crippen MR) is 95.4 cm³/mol. The van der Waals surface area contributed by atoms with E-state index in [-0.39, 0.29) is 17.0 Å². The Balaban J connectivity index is 1.71. The molecule has 0 aliphatic heterocycles. The Morgan fingerprint density at radius 3 is 2.65 bits per heavy atom. The summed E-state index contributed by atoms with van der Waals surface area (Å²) in [5.74, 6) is -0.329. The van der Waals surface area contributed by atoms with E-state index in [2.05, 4.69) is 10.4 Å². The van der Waals surface area contributed by atoms with Crippen LogP contribution in [0.4, 0.5) is 11.4 Å². The van der Waals surface area contributed by atoms with Gasteiger partial charge in [0.05, 0.1) is 18.6 Å². The number of aromatic nitrogens is 2. The molecule has 1 aromatic heterocycles. The van der Waals surface area contributed by atoms with Crippen LogP contribution in [0.25, 0.3) is 0 Å². The van der Waals surface area contributed by atoms with E-state index in [0.29, 0.717) is 12.2 Å². The van der Waals surface area contributed by atoms with Crippen LogP contribution in [0.1, 0.15) is 15.9 Å². The van der Waals surface area contributed by atoms with Crippen LogP contribution in [0.2, 0.25) is 0 Å². The van der Waals surface area contributed by atoms with Gasteiger partial charge in [-0.05, 0) is 35.9 Å². The van der Waals surface area contributed by atoms with E-state index >= 15 is 0 Å². The number of hydrogen-bond acceptors (Lipinski definition) is 5. The highest BCUT2D eigenvalue weighted by molar-refractivity contribution is 6.04. The van der Waals surface area contributed by atoms with Crippen LogP contribution >= 0.6 is 0 Å². The molecule has 8 heteroatoms. The normalized spacial score (nSPS) is 10.3. The molecule has 3 rings (SSSR count). The standard InChI is InChI=1S/C18H16N4O4/c1-26-17-8-5-14(11-16(17)22(24)25)18(23)20-15-6-3-13(4-7-15)12-21-10-2-9-19-21/h2-11H,12H2,1H3,(H,20,23). The topological polar surface area (TPSA) is 99.3 Å². The summed E-state index contributed by atoms with van der Waals surface area (Å²) in [7, 11) is 1.34. The van der Waals surface area contributed by atoms with Crippen molar-refractivity contribution in [2.24, 2.45) is 0 Å². The van der Waals surface area contributed by atoms with Crippen LogP contribution in [-0.4, -0.2) is 27.7 Å². The summed E-state index contributed by atoms with van der Waals surface area (Å²) in [6, 6.07) is 13.2. The number of nitrogens with one attached hydrogen (secondary N) is 1. The van der Waals surface area contributed by atoms with Crippen molar-refractivity contribution >= 4 is 17.3 Å². The molecule has 0 aliphatic carbocycles. The van der Waals surface area contributed by atoms with Crippen LogP contribution in [0, 0.1) is 10.1 Å². The fraction of sp³-hybridized carbons (Fsp3) is 0.111. The van der Waals surface area contributed by atoms with Crippen molar-refractivity contribution in [3.05, 3.63) is 82.2 Å². The third kappa shape index (κ3) is 3.86. The summed E-state index contributed by atoms with van der Waals surface area (Å²) in [6.07, 6.45) is 3.58. The Morgan fingerprint density at radius 2 is 2.04 bits per heavy atom. The Morgan fingerprint density at radius 1 is 1.27 bits per heavy atom. The molecule has 1 N–H and O–H groups in total. The van der Waals surface area contributed by atoms with Gasteiger partial charge in [-0.2, -0.15) is 5.10 Å². The average molecular weight is 352 g/mol. The monoisotopic (exact) mass is 352 g/mol. The lowest BCUT2D eigenvalue weighted by Gasteiger charge is -2.08. The summed E-state index contributed by atoms with van der Waals surface area (Å²) in [6.45, 7) is 0.631. The molecular weight excluding hydrogens is 336 g/mol. The van der Waals surface area contributed by atoms with Crippen LogP contribution in [0.3, 0.4) is 0 Å². The number of nitro benzene ring substituents is 1. The molecular formula is C18H16N4O4. The van der Waals surface area contributed by atoms with Crippen molar-refractivity contribution in [2.75, 3.05) is 12.4 Å². The Kier molecular flexibility index (Phi) is 4.93. The maximum absolute atomic E-state index is 12.3. The van der Waals surface area contributed by atoms with Gasteiger partial charge in [0.1, 0.15) is 0 Å². The van der Waals surface area contributed by atoms with Crippen LogP contribution in [0.15, 0.2) is 60.9 Å². The van der Waals surface area contributed by atoms with Gasteiger partial charge in [0, 0.05) is 29.7 Å². The average Bonchev–Trinajstić information content (AvgIpc) is 3.15. The zero-order valence-electron chi connectivity index (χ0n) is 14.0. The van der Waals surface area contributed by atoms with Gasteiger partial charge >= 0.3 is 5.69 Å². The van der Waals surface area contributed by atoms with Gasteiger partial charge in [-0.25, -0.2) is 0 Å². The number of nitro groups is 1. The van der Waals surface area contributed by atoms with Crippen LogP contribution in [-0.2, 0) is 6.54 Å². The highest BCUT2D eigenvalue weighted by Gasteiger charge is 2.18. The summed E-state index contributed by atoms with van der Waals surface area (Å²) >= 11 is 0. The van der Waals surface area contributed by atoms with Crippen molar-refractivity contribution in [3.8, 4) is 5.75 Å². The third-order valence-electron chi connectivity index (χ3n) is 3.75. The van der Waals surface area contributed by atoms with E-state index in [1.807, 2.05) is 24.4 Å². The van der Waals surface area contributed by atoms with Gasteiger partial charge in [0.25, 0.3) is 5.91 Å². The summed E-state index contributed by atoms with van der Waals surface area (Å²) in [5.41, 5.74) is 1.55. The molecule has 0 bridgehead atoms. The minimum Gasteiger partial charge on any atom is -0.490 e. The molecule has 0 radical (unpaired) electrons. The van der Waals surface area contributed by atoms with Crippen molar-refractivity contribution in [2.45, 2.75) is 6.54 Å². The first-order valence-corrected chi connectivity index (χ1v) is 7.77. The third-order valence-corrected chi connectivity index (χ3v) is 3.75. The Bertz CT molecular complexity index is 921. The molecule has 26 heavy (non-hydrogen) atoms. The number of rotatable bonds is 6. The zero-order valence-corrected chi connectivity index (χ0v) is 14.0. The van der Waals surface area contributed by atoms with Gasteiger partial charge < -0.3 is 10.1 Å². The van der Waals surface area contributed by atoms with Gasteiger partial charge in [0.15, 0.2) is 5.75 Å². The Hall–Kier alpha value is -3.68. The molecule has 132 valence electrons. The number of ether oxygens (including phenoxy) is 1. The molecule has 0 atom stereocenters. The molecule has 0 saturated carbocycles. The molecule has 0 unspecified atom stereocenters. The first-order chi connectivity index (χ1) is 12.6. The van der Waals surface area contributed by atoms with Crippen molar-refractivity contribution in [1.82, 2.24) is 9.78 Å². The molecule has 2 aromatic carbocycles. The summed E-state index contributed by atoms with van der Waals surface area (Å²) in [4.78, 5) is 22.8. The number of hydrogen-bond donors (Lipinski definition) is 1. The number of anilines is 1. The molecule has 1 heterocycles. The number of nitrogens with zero attached hydrogens (tertiary/aromatic N) is 3. The molecule has 1 amide bonds. The SMILES string of the molecule is COc1ccc(C(=O)Nc2ccc(Cn3cccn3)cc2)cc1[N+](=O)[O-]. The minimum absolute atomic E-state index is 0.106. The van der Waals surface area contributed by atoms with E-state index in [4.69, 9.17) is 4.74 Å². The number of methoxy groups -OCH3 is 1. The number of benzene rings is 2. The molecule has 0 saturated heterocycles. The van der Waals surface area contributed by atoms with Crippen LogP contribution < -0.4 is 10.1 Å². The quantitative estimate of drug-likeness (QED) is 0.543. The molecule has 0 aliphatic rings. The van der Waals surface area contributed by atoms with Crippen LogP contribution in [0.5, 0.6) is 5.75 Å². The lowest BCUT2D eigenvalue weighted by Crippen LogP contribution is -2.12. The fourth-order valence-corrected chi connectivity index (χ4v) is 2.45. The molecule has 0 fully saturated rings. The van der Waals surface area contributed by atoms with Crippen molar-refractivity contribution in [1.29, 1.82) is 0 Å². The van der Waals surface area contributed by atoms with Gasteiger partial charge in [-0.1, -0.05) is 12.1 Å². The summed E-state index contributed by atoms with van der Waals surface area (Å²) < 4.78 is 6.73. The van der Waals surface area contributed by atoms with Gasteiger partial charge in [0.2, 0.25) is 0 Å². The fourth-order valence-electron chi connectivity index (χ4n) is 2.45. The van der Waals surface area contributed by atoms with E-state index in [1.54, 1.807) is 23.0 Å². The van der Waals surface area contributed by atoms with E-state index < -0.39 is 10.8 Å². The maximum atomic E-state index is 12.3. The van der Waals surface area contributed by atoms with E-state index in [1.165, 1.54) is 25.3 Å². The van der Waals surface area contributed by atoms with Crippen molar-refractivity contribution in [3.63, 3.8) is 0 Å². The number of carbonyl (C=O) groups is 1. The first kappa shape index (κ1) is 17.2. The second-order valence-corrected chi connectivity index (χ2v) is 5.50. The lowest BCUT2D eigenvalue weighted by atomic mass is 10.1. The highest BCUT2D eigenvalue weighted by atomic mass is 16.6. The second kappa shape index (κ2) is 7.47. The smallest absolute Gasteiger partial charge is 0.311 e. The van der Waals surface area contributed by atoms with Gasteiger partial charge in [-0.3, -0.25) is 19.6 Å². The molecule has 8 nitrogen and oxygen atoms in total. The van der Waals surface area contributed by atoms with E-state index in [9.17, 15) is 14.9 Å². The maximum Gasteiger partial charge on any atom is 0.311 e. The predicted octanol–water partition coefficient (Wildman–Crippen LogP) is 3.10. The highest BCUT2D eigenvalue weighted by Crippen LogP contribution is 2.27. The molecule has 3 aromatic rings. The minimum atomic E-state index is -0.584. The number of amides is 1. The largest absolute Gasteiger partial charge is 0.490 e. The lowest BCUT2D eigenvalue weighted by molar-refractivity contribution is -0.385. The van der Waals surface area contributed by atoms with Crippen molar-refractivity contribution < 1.29 is 14.5 Å². The zero-order chi connectivity index (χ0) is 18.5. The Labute approximate surface area is 149 Å². The summed E-state index contributed by atoms with van der Waals surface area (Å²) in [5, 5.41) is 17.9.